The number of guanidine groups is 1. The molecule has 0 bridgehead atoms. The summed E-state index contributed by atoms with van der Waals surface area (Å²) >= 11 is 0. The van der Waals surface area contributed by atoms with Gasteiger partial charge in [-0.05, 0) is 49.3 Å². The lowest BCUT2D eigenvalue weighted by Gasteiger charge is -2.19. The number of aryl methyl sites for hydroxylation is 1. The number of nitrogens with zero attached hydrogens (tertiary/aromatic N) is 1. The van der Waals surface area contributed by atoms with Crippen LogP contribution in [-0.2, 0) is 12.8 Å². The molecule has 0 unspecified atom stereocenters. The lowest BCUT2D eigenvalue weighted by Crippen LogP contribution is -2.24. The first-order chi connectivity index (χ1) is 8.31. The van der Waals surface area contributed by atoms with Crippen LogP contribution in [0.4, 0.5) is 5.69 Å². The summed E-state index contributed by atoms with van der Waals surface area (Å²) in [6.45, 7) is 2.88. The van der Waals surface area contributed by atoms with Gasteiger partial charge < -0.3 is 11.1 Å². The Morgan fingerprint density at radius 2 is 2.11 bits per heavy atom. The van der Waals surface area contributed by atoms with Gasteiger partial charge in [0.1, 0.15) is 0 Å². The van der Waals surface area contributed by atoms with Crippen LogP contribution in [0.1, 0.15) is 37.3 Å². The van der Waals surface area contributed by atoms with E-state index in [-0.39, 0.29) is 24.0 Å². The number of fused-ring (bicyclic) bond motifs is 1. The molecule has 18 heavy (non-hydrogen) atoms. The lowest BCUT2D eigenvalue weighted by molar-refractivity contribution is 0.687. The summed E-state index contributed by atoms with van der Waals surface area (Å²) in [5.74, 6) is 0.533. The second-order valence-electron chi connectivity index (χ2n) is 4.54. The normalized spacial score (nSPS) is 14.6. The second-order valence-corrected chi connectivity index (χ2v) is 4.54. The Kier molecular flexibility index (Phi) is 6.46. The average molecular weight is 359 g/mol. The molecule has 0 aliphatic heterocycles. The van der Waals surface area contributed by atoms with Crippen LogP contribution < -0.4 is 11.1 Å². The van der Waals surface area contributed by atoms with Crippen molar-refractivity contribution in [3.05, 3.63) is 29.3 Å². The number of aliphatic imine (C=N–C) groups is 1. The lowest BCUT2D eigenvalue weighted by atomic mass is 9.90. The van der Waals surface area contributed by atoms with Gasteiger partial charge in [0.05, 0.1) is 0 Å². The first kappa shape index (κ1) is 15.3. The third kappa shape index (κ3) is 3.86. The number of hydrogen-bond donors (Lipinski definition) is 2. The molecule has 0 aromatic heterocycles. The van der Waals surface area contributed by atoms with Gasteiger partial charge in [-0.15, -0.1) is 24.0 Å². The van der Waals surface area contributed by atoms with Crippen LogP contribution in [-0.4, -0.2) is 12.5 Å². The molecular formula is C14H22IN3. The summed E-state index contributed by atoms with van der Waals surface area (Å²) in [6.07, 6.45) is 5.94. The molecule has 0 spiro atoms. The zero-order valence-electron chi connectivity index (χ0n) is 10.9. The van der Waals surface area contributed by atoms with Gasteiger partial charge in [0.2, 0.25) is 0 Å². The highest BCUT2D eigenvalue weighted by molar-refractivity contribution is 14.0. The Balaban J connectivity index is 0.00000162. The van der Waals surface area contributed by atoms with E-state index < -0.39 is 0 Å². The number of rotatable bonds is 3. The SMILES string of the molecule is CCCN=C(N)Nc1cccc2c1CCCC2.I. The van der Waals surface area contributed by atoms with Crippen molar-refractivity contribution in [2.24, 2.45) is 10.7 Å². The molecule has 1 aromatic carbocycles. The Morgan fingerprint density at radius 3 is 2.89 bits per heavy atom. The molecule has 0 radical (unpaired) electrons. The fourth-order valence-corrected chi connectivity index (χ4v) is 2.31. The summed E-state index contributed by atoms with van der Waals surface area (Å²) in [7, 11) is 0. The zero-order chi connectivity index (χ0) is 12.1. The minimum absolute atomic E-state index is 0. The van der Waals surface area contributed by atoms with E-state index in [1.54, 1.807) is 0 Å². The van der Waals surface area contributed by atoms with E-state index in [0.717, 1.165) is 25.1 Å². The molecule has 0 atom stereocenters. The summed E-state index contributed by atoms with van der Waals surface area (Å²) in [6, 6.07) is 6.41. The highest BCUT2D eigenvalue weighted by Gasteiger charge is 2.12. The van der Waals surface area contributed by atoms with Crippen LogP contribution >= 0.6 is 24.0 Å². The van der Waals surface area contributed by atoms with Gasteiger partial charge in [0.25, 0.3) is 0 Å². The van der Waals surface area contributed by atoms with Gasteiger partial charge in [-0.25, -0.2) is 0 Å². The van der Waals surface area contributed by atoms with Crippen LogP contribution in [0.5, 0.6) is 0 Å². The molecule has 2 rings (SSSR count). The van der Waals surface area contributed by atoms with Crippen LogP contribution in [0.15, 0.2) is 23.2 Å². The topological polar surface area (TPSA) is 50.4 Å². The first-order valence-corrected chi connectivity index (χ1v) is 6.49. The summed E-state index contributed by atoms with van der Waals surface area (Å²) in [5.41, 5.74) is 9.89. The van der Waals surface area contributed by atoms with Crippen molar-refractivity contribution in [1.29, 1.82) is 0 Å². The maximum Gasteiger partial charge on any atom is 0.193 e. The molecule has 0 heterocycles. The number of nitrogens with one attached hydrogen (secondary N) is 1. The summed E-state index contributed by atoms with van der Waals surface area (Å²) in [5, 5.41) is 3.23. The highest BCUT2D eigenvalue weighted by atomic mass is 127. The van der Waals surface area contributed by atoms with E-state index in [1.165, 1.54) is 30.4 Å². The van der Waals surface area contributed by atoms with Gasteiger partial charge in [-0.1, -0.05) is 19.1 Å². The first-order valence-electron chi connectivity index (χ1n) is 6.49. The van der Waals surface area contributed by atoms with Crippen LogP contribution in [0.25, 0.3) is 0 Å². The predicted molar refractivity (Wildman–Crippen MR) is 88.9 cm³/mol. The Labute approximate surface area is 126 Å². The predicted octanol–water partition coefficient (Wildman–Crippen LogP) is 3.32. The molecule has 3 N–H and O–H groups in total. The van der Waals surface area contributed by atoms with E-state index in [2.05, 4.69) is 35.4 Å². The molecule has 1 aliphatic rings. The Bertz CT molecular complexity index is 416. The fourth-order valence-electron chi connectivity index (χ4n) is 2.31. The van der Waals surface area contributed by atoms with Gasteiger partial charge in [-0.3, -0.25) is 4.99 Å². The van der Waals surface area contributed by atoms with E-state index in [4.69, 9.17) is 5.73 Å². The van der Waals surface area contributed by atoms with Crippen molar-refractivity contribution in [2.45, 2.75) is 39.0 Å². The van der Waals surface area contributed by atoms with Gasteiger partial charge >= 0.3 is 0 Å². The Hall–Kier alpha value is -0.780. The molecule has 0 amide bonds. The highest BCUT2D eigenvalue weighted by Crippen LogP contribution is 2.27. The molecule has 0 saturated heterocycles. The van der Waals surface area contributed by atoms with Gasteiger partial charge in [0, 0.05) is 12.2 Å². The summed E-state index contributed by atoms with van der Waals surface area (Å²) in [4.78, 5) is 4.27. The minimum atomic E-state index is 0. The monoisotopic (exact) mass is 359 g/mol. The van der Waals surface area contributed by atoms with E-state index in [0.29, 0.717) is 5.96 Å². The average Bonchev–Trinajstić information content (AvgIpc) is 2.37. The number of halogens is 1. The van der Waals surface area contributed by atoms with E-state index in [9.17, 15) is 0 Å². The minimum Gasteiger partial charge on any atom is -0.370 e. The number of anilines is 1. The maximum absolute atomic E-state index is 5.86. The van der Waals surface area contributed by atoms with Crippen molar-refractivity contribution < 1.29 is 0 Å². The third-order valence-electron chi connectivity index (χ3n) is 3.16. The smallest absolute Gasteiger partial charge is 0.193 e. The van der Waals surface area contributed by atoms with Crippen LogP contribution in [0.3, 0.4) is 0 Å². The molecule has 0 saturated carbocycles. The molecule has 0 fully saturated rings. The Morgan fingerprint density at radius 1 is 1.33 bits per heavy atom. The zero-order valence-corrected chi connectivity index (χ0v) is 13.2. The largest absolute Gasteiger partial charge is 0.370 e. The van der Waals surface area contributed by atoms with E-state index >= 15 is 0 Å². The molecular weight excluding hydrogens is 337 g/mol. The second kappa shape index (κ2) is 7.61. The number of hydrogen-bond acceptors (Lipinski definition) is 1. The van der Waals surface area contributed by atoms with Gasteiger partial charge in [-0.2, -0.15) is 0 Å². The van der Waals surface area contributed by atoms with Crippen molar-refractivity contribution in [2.75, 3.05) is 11.9 Å². The fraction of sp³-hybridized carbons (Fsp3) is 0.500. The van der Waals surface area contributed by atoms with Crippen LogP contribution in [0.2, 0.25) is 0 Å². The quantitative estimate of drug-likeness (QED) is 0.494. The standard InChI is InChI=1S/C14H21N3.HI/c1-2-10-16-14(15)17-13-9-5-7-11-6-3-4-8-12(11)13;/h5,7,9H,2-4,6,8,10H2,1H3,(H3,15,16,17);1H. The number of nitrogens with two attached hydrogens (primary N) is 1. The van der Waals surface area contributed by atoms with Gasteiger partial charge in [0.15, 0.2) is 5.96 Å². The number of benzene rings is 1. The van der Waals surface area contributed by atoms with E-state index in [1.807, 2.05) is 0 Å². The third-order valence-corrected chi connectivity index (χ3v) is 3.16. The van der Waals surface area contributed by atoms with Crippen molar-refractivity contribution >= 4 is 35.6 Å². The van der Waals surface area contributed by atoms with Crippen LogP contribution in [0, 0.1) is 0 Å². The van der Waals surface area contributed by atoms with Crippen molar-refractivity contribution in [1.82, 2.24) is 0 Å². The molecule has 100 valence electrons. The summed E-state index contributed by atoms with van der Waals surface area (Å²) < 4.78 is 0. The molecule has 1 aromatic rings. The van der Waals surface area contributed by atoms with Crippen molar-refractivity contribution in [3.8, 4) is 0 Å². The molecule has 4 heteroatoms. The van der Waals surface area contributed by atoms with Crippen molar-refractivity contribution in [3.63, 3.8) is 0 Å². The maximum atomic E-state index is 5.86. The molecule has 1 aliphatic carbocycles. The molecule has 3 nitrogen and oxygen atoms in total.